The molecule has 1 aliphatic carbocycles. The lowest BCUT2D eigenvalue weighted by molar-refractivity contribution is -0.154. The number of imide groups is 1. The van der Waals surface area contributed by atoms with E-state index in [-0.39, 0.29) is 27.1 Å². The molecule has 0 bridgehead atoms. The highest BCUT2D eigenvalue weighted by Gasteiger charge is 2.53. The van der Waals surface area contributed by atoms with Crippen LogP contribution >= 0.6 is 23.2 Å². The molecule has 2 aliphatic rings. The molecule has 0 saturated carbocycles. The Balaban J connectivity index is 1.72. The summed E-state index contributed by atoms with van der Waals surface area (Å²) in [5.74, 6) is -3.05. The molecule has 0 aromatic heterocycles. The van der Waals surface area contributed by atoms with Crippen molar-refractivity contribution in [1.82, 2.24) is 10.0 Å². The van der Waals surface area contributed by atoms with Crippen LogP contribution in [0.3, 0.4) is 0 Å². The van der Waals surface area contributed by atoms with Crippen LogP contribution in [0.25, 0.3) is 0 Å². The lowest BCUT2D eigenvalue weighted by atomic mass is 9.78. The summed E-state index contributed by atoms with van der Waals surface area (Å²) in [5, 5.41) is 2.13. The number of hydrazine groups is 1. The highest BCUT2D eigenvalue weighted by molar-refractivity contribution is 6.42. The van der Waals surface area contributed by atoms with Gasteiger partial charge < -0.3 is 4.74 Å². The lowest BCUT2D eigenvalue weighted by Crippen LogP contribution is -2.52. The summed E-state index contributed by atoms with van der Waals surface area (Å²) >= 11 is 12.1. The van der Waals surface area contributed by atoms with Gasteiger partial charge in [0.1, 0.15) is 12.3 Å². The Morgan fingerprint density at radius 3 is 2.50 bits per heavy atom. The van der Waals surface area contributed by atoms with Gasteiger partial charge in [0.2, 0.25) is 0 Å². The summed E-state index contributed by atoms with van der Waals surface area (Å²) in [4.78, 5) is 53.4. The molecule has 0 radical (unpaired) electrons. The van der Waals surface area contributed by atoms with E-state index in [1.807, 2.05) is 19.1 Å². The number of allylic oxidation sites excluding steroid dienone is 2. The summed E-state index contributed by atoms with van der Waals surface area (Å²) in [6.45, 7) is 1.33. The fourth-order valence-electron chi connectivity index (χ4n) is 4.40. The molecular weight excluding hydrogens is 479 g/mol. The number of benzene rings is 2. The van der Waals surface area contributed by atoms with E-state index in [4.69, 9.17) is 27.9 Å². The van der Waals surface area contributed by atoms with Gasteiger partial charge in [-0.15, -0.1) is 0 Å². The third-order valence-corrected chi connectivity index (χ3v) is 6.92. The molecule has 3 atom stereocenters. The number of fused-ring (bicyclic) bond motifs is 1. The number of amides is 3. The van der Waals surface area contributed by atoms with Crippen molar-refractivity contribution >= 4 is 46.7 Å². The molecule has 0 unspecified atom stereocenters. The van der Waals surface area contributed by atoms with Crippen LogP contribution in [0.1, 0.15) is 34.1 Å². The summed E-state index contributed by atoms with van der Waals surface area (Å²) in [6, 6.07) is 10.7. The molecule has 2 aromatic carbocycles. The van der Waals surface area contributed by atoms with Gasteiger partial charge in [-0.1, -0.05) is 54.4 Å². The van der Waals surface area contributed by atoms with Crippen molar-refractivity contribution in [1.29, 1.82) is 0 Å². The number of ketones is 1. The molecule has 1 heterocycles. The van der Waals surface area contributed by atoms with Gasteiger partial charge in [-0.2, -0.15) is 5.01 Å². The van der Waals surface area contributed by atoms with E-state index in [0.717, 1.165) is 10.0 Å². The largest absolute Gasteiger partial charge is 0.497 e. The molecule has 1 saturated heterocycles. The first-order chi connectivity index (χ1) is 16.2. The van der Waals surface area contributed by atoms with E-state index < -0.39 is 41.9 Å². The van der Waals surface area contributed by atoms with Crippen molar-refractivity contribution < 1.29 is 23.9 Å². The molecule has 9 heteroatoms. The predicted octanol–water partition coefficient (Wildman–Crippen LogP) is 4.44. The zero-order valence-electron chi connectivity index (χ0n) is 18.5. The van der Waals surface area contributed by atoms with E-state index in [0.29, 0.717) is 12.2 Å². The number of methoxy groups -OCH3 is 1. The van der Waals surface area contributed by atoms with E-state index in [1.165, 1.54) is 31.4 Å². The summed E-state index contributed by atoms with van der Waals surface area (Å²) < 4.78 is 5.18. The van der Waals surface area contributed by atoms with Crippen LogP contribution in [0.2, 0.25) is 10.0 Å². The Bertz CT molecular complexity index is 1210. The first-order valence-corrected chi connectivity index (χ1v) is 11.5. The Labute approximate surface area is 206 Å². The van der Waals surface area contributed by atoms with Gasteiger partial charge in [-0.3, -0.25) is 19.2 Å². The third-order valence-electron chi connectivity index (χ3n) is 6.18. The number of halogens is 2. The van der Waals surface area contributed by atoms with Crippen LogP contribution in [0.5, 0.6) is 5.75 Å². The first-order valence-electron chi connectivity index (χ1n) is 10.7. The van der Waals surface area contributed by atoms with Crippen molar-refractivity contribution in [3.8, 4) is 5.75 Å². The number of carbonyl (C=O) groups is 4. The monoisotopic (exact) mass is 500 g/mol. The SMILES string of the molecule is COc1cccc(C(=O)CN(C(=O)c2ccc(Cl)c(Cl)c2)N2C(=O)[C@@H]3[C@H](C)C=CC[C@H]3C2=O)c1. The molecule has 1 aliphatic heterocycles. The standard InChI is InChI=1S/C25H22Cl2N2O5/c1-14-5-3-8-18-22(14)25(33)29(24(18)32)28(23(31)16-9-10-19(26)20(27)12-16)13-21(30)15-6-4-7-17(11-15)34-2/h3-7,9-12,14,18,22H,8,13H2,1-2H3/t14-,18-,22-/m1/s1. The Kier molecular flexibility index (Phi) is 6.77. The van der Waals surface area contributed by atoms with Crippen molar-refractivity contribution in [3.63, 3.8) is 0 Å². The highest BCUT2D eigenvalue weighted by Crippen LogP contribution is 2.39. The zero-order chi connectivity index (χ0) is 24.6. The summed E-state index contributed by atoms with van der Waals surface area (Å²) in [6.07, 6.45) is 4.16. The van der Waals surface area contributed by atoms with Crippen molar-refractivity contribution in [2.45, 2.75) is 13.3 Å². The second-order valence-electron chi connectivity index (χ2n) is 8.29. The number of hydrogen-bond donors (Lipinski definition) is 0. The summed E-state index contributed by atoms with van der Waals surface area (Å²) in [5.41, 5.74) is 0.368. The quantitative estimate of drug-likeness (QED) is 0.332. The smallest absolute Gasteiger partial charge is 0.273 e. The third kappa shape index (κ3) is 4.33. The maximum atomic E-state index is 13.5. The molecule has 7 nitrogen and oxygen atoms in total. The van der Waals surface area contributed by atoms with Gasteiger partial charge in [-0.05, 0) is 42.7 Å². The number of carbonyl (C=O) groups excluding carboxylic acids is 4. The van der Waals surface area contributed by atoms with Crippen molar-refractivity contribution in [2.75, 3.05) is 13.7 Å². The second kappa shape index (κ2) is 9.60. The number of hydrogen-bond acceptors (Lipinski definition) is 5. The Morgan fingerprint density at radius 2 is 1.82 bits per heavy atom. The van der Waals surface area contributed by atoms with E-state index in [2.05, 4.69) is 0 Å². The topological polar surface area (TPSA) is 84.0 Å². The van der Waals surface area contributed by atoms with Crippen LogP contribution in [-0.4, -0.2) is 47.2 Å². The maximum absolute atomic E-state index is 13.5. The number of Topliss-reactive ketones (excluding diaryl/α,β-unsaturated/α-hetero) is 1. The molecule has 0 N–H and O–H groups in total. The minimum atomic E-state index is -0.712. The molecule has 34 heavy (non-hydrogen) atoms. The zero-order valence-corrected chi connectivity index (χ0v) is 20.0. The van der Waals surface area contributed by atoms with Gasteiger partial charge in [-0.25, -0.2) is 5.01 Å². The van der Waals surface area contributed by atoms with Crippen LogP contribution in [0.4, 0.5) is 0 Å². The van der Waals surface area contributed by atoms with E-state index in [9.17, 15) is 19.2 Å². The second-order valence-corrected chi connectivity index (χ2v) is 9.10. The fourth-order valence-corrected chi connectivity index (χ4v) is 4.70. The van der Waals surface area contributed by atoms with Crippen LogP contribution < -0.4 is 4.74 Å². The predicted molar refractivity (Wildman–Crippen MR) is 127 cm³/mol. The average molecular weight is 501 g/mol. The number of rotatable bonds is 6. The molecular formula is C25H22Cl2N2O5. The molecule has 1 fully saturated rings. The molecule has 3 amide bonds. The molecule has 0 spiro atoms. The molecule has 176 valence electrons. The van der Waals surface area contributed by atoms with Gasteiger partial charge in [0, 0.05) is 11.1 Å². The van der Waals surface area contributed by atoms with Gasteiger partial charge in [0.25, 0.3) is 17.7 Å². The van der Waals surface area contributed by atoms with Crippen LogP contribution in [-0.2, 0) is 9.59 Å². The minimum Gasteiger partial charge on any atom is -0.497 e. The van der Waals surface area contributed by atoms with Crippen LogP contribution in [0.15, 0.2) is 54.6 Å². The number of ether oxygens (including phenoxy) is 1. The Hall–Kier alpha value is -3.16. The minimum absolute atomic E-state index is 0.0921. The molecule has 4 rings (SSSR count). The van der Waals surface area contributed by atoms with Crippen molar-refractivity contribution in [3.05, 3.63) is 75.8 Å². The summed E-state index contributed by atoms with van der Waals surface area (Å²) in [7, 11) is 1.47. The van der Waals surface area contributed by atoms with Gasteiger partial charge in [0.15, 0.2) is 5.78 Å². The maximum Gasteiger partial charge on any atom is 0.273 e. The Morgan fingerprint density at radius 1 is 1.06 bits per heavy atom. The molecule has 2 aromatic rings. The average Bonchev–Trinajstić information content (AvgIpc) is 3.09. The van der Waals surface area contributed by atoms with E-state index >= 15 is 0 Å². The fraction of sp³-hybridized carbons (Fsp3) is 0.280. The van der Waals surface area contributed by atoms with Crippen LogP contribution in [0, 0.1) is 17.8 Å². The first kappa shape index (κ1) is 24.0. The highest BCUT2D eigenvalue weighted by atomic mass is 35.5. The van der Waals surface area contributed by atoms with Crippen molar-refractivity contribution in [2.24, 2.45) is 17.8 Å². The number of nitrogens with zero attached hydrogens (tertiary/aromatic N) is 2. The van der Waals surface area contributed by atoms with Gasteiger partial charge >= 0.3 is 0 Å². The lowest BCUT2D eigenvalue weighted by Gasteiger charge is -2.30. The normalized spacial score (nSPS) is 21.4. The van der Waals surface area contributed by atoms with E-state index in [1.54, 1.807) is 18.2 Å². The van der Waals surface area contributed by atoms with Gasteiger partial charge in [0.05, 0.1) is 29.0 Å².